The van der Waals surface area contributed by atoms with Gasteiger partial charge in [0.05, 0.1) is 0 Å². The quantitative estimate of drug-likeness (QED) is 0.307. The minimum atomic E-state index is 0. The first-order chi connectivity index (χ1) is 0. The molecule has 0 saturated heterocycles. The Morgan fingerprint density at radius 1 is 0.800 bits per heavy atom. The van der Waals surface area contributed by atoms with E-state index in [2.05, 4.69) is 0 Å². The Hall–Kier alpha value is 1.10. The first kappa shape index (κ1) is 132. The van der Waals surface area contributed by atoms with Crippen LogP contribution in [0.1, 0.15) is 0 Å². The number of hydrogen-bond donors (Lipinski definition) is 0. The van der Waals surface area contributed by atoms with Gasteiger partial charge >= 0.3 is 18.9 Å². The predicted molar refractivity (Wildman–Crippen MR) is 20.0 cm³/mol. The third-order valence-corrected chi connectivity index (χ3v) is 0. The third kappa shape index (κ3) is 40.6. The Balaban J connectivity index is 0. The summed E-state index contributed by atoms with van der Waals surface area (Å²) in [6.07, 6.45) is 0. The van der Waals surface area contributed by atoms with E-state index < -0.39 is 0 Å². The first-order valence-electron chi connectivity index (χ1n) is 0. The maximum atomic E-state index is 0. The summed E-state index contributed by atoms with van der Waals surface area (Å²) in [7, 11) is 0. The van der Waals surface area contributed by atoms with Gasteiger partial charge in [0.15, 0.2) is 0 Å². The largest absolute Gasteiger partial charge is 1.00 e. The summed E-state index contributed by atoms with van der Waals surface area (Å²) in [4.78, 5) is 0. The maximum absolute atomic E-state index is 0. The zero-order valence-electron chi connectivity index (χ0n) is 2.76. The van der Waals surface area contributed by atoms with E-state index in [1.165, 1.54) is 0 Å². The van der Waals surface area contributed by atoms with Gasteiger partial charge in [0.1, 0.15) is 0 Å². The number of hydrogen-bond acceptors (Lipinski definition) is 1. The monoisotopic (exact) mass is 114 g/mol. The van der Waals surface area contributed by atoms with Crippen LogP contribution in [-0.4, -0.2) is 11.0 Å². The zero-order valence-corrected chi connectivity index (χ0v) is 4.40. The van der Waals surface area contributed by atoms with Gasteiger partial charge in [-0.3, -0.25) is 0 Å². The van der Waals surface area contributed by atoms with Gasteiger partial charge in [0, 0.05) is 0 Å². The van der Waals surface area contributed by atoms with E-state index in [9.17, 15) is 0 Å². The normalized spacial score (nSPS) is 0. The molecule has 0 heterocycles. The molecule has 0 saturated carbocycles. The van der Waals surface area contributed by atoms with Gasteiger partial charge in [-0.2, -0.15) is 0 Å². The van der Waals surface area contributed by atoms with E-state index in [-0.39, 0.29) is 54.6 Å². The molecule has 5 heteroatoms. The van der Waals surface area contributed by atoms with E-state index in [1.807, 2.05) is 0 Å². The molecule has 3 N–H and O–H groups in total. The second kappa shape index (κ2) is 71.1. The van der Waals surface area contributed by atoms with E-state index in [1.54, 1.807) is 0 Å². The molecule has 0 spiro atoms. The van der Waals surface area contributed by atoms with Crippen LogP contribution in [0, 0.1) is 0 Å². The van der Waals surface area contributed by atoms with Gasteiger partial charge in [0.25, 0.3) is 0 Å². The molecule has 0 aliphatic heterocycles. The Bertz CT molecular complexity index is 7.61. The smallest absolute Gasteiger partial charge is 0.870 e. The van der Waals surface area contributed by atoms with Gasteiger partial charge in [0.2, 0.25) is 0 Å². The average Bonchev–Trinajstić information content (AvgIpc) is 0. The van der Waals surface area contributed by atoms with Crippen molar-refractivity contribution in [2.75, 3.05) is 0 Å². The van der Waals surface area contributed by atoms with Gasteiger partial charge in [-0.25, -0.2) is 0 Å². The predicted octanol–water partition coefficient (Wildman–Crippen LogP) is -3.15. The summed E-state index contributed by atoms with van der Waals surface area (Å²) in [6, 6.07) is 0. The summed E-state index contributed by atoms with van der Waals surface area (Å²) in [5.41, 5.74) is 0. The Kier molecular flexibility index (Phi) is 1870. The summed E-state index contributed by atoms with van der Waals surface area (Å²) in [5, 5.41) is 0. The van der Waals surface area contributed by atoms with Crippen molar-refractivity contribution in [3.8, 4) is 0 Å². The van der Waals surface area contributed by atoms with Crippen LogP contribution in [0.15, 0.2) is 0 Å². The number of rotatable bonds is 0. The van der Waals surface area contributed by atoms with Crippen molar-refractivity contribution in [2.24, 2.45) is 0 Å². The second-order valence-electron chi connectivity index (χ2n) is 0. The van der Waals surface area contributed by atoms with Gasteiger partial charge in [-0.1, -0.05) is 0 Å². The summed E-state index contributed by atoms with van der Waals surface area (Å²) < 4.78 is 0. The van der Waals surface area contributed by atoms with Crippen molar-refractivity contribution in [3.63, 3.8) is 0 Å². The van der Waals surface area contributed by atoms with Crippen LogP contribution in [0.25, 0.3) is 0 Å². The fourth-order valence-corrected chi connectivity index (χ4v) is 0. The molecule has 5 heavy (non-hydrogen) atoms. The molecule has 0 rings (SSSR count). The van der Waals surface area contributed by atoms with Crippen molar-refractivity contribution in [2.45, 2.75) is 0 Å². The van der Waals surface area contributed by atoms with Crippen molar-refractivity contribution < 1.29 is 29.8 Å². The van der Waals surface area contributed by atoms with Gasteiger partial charge in [-0.05, 0) is 0 Å². The maximum Gasteiger partial charge on any atom is 1.00 e. The molecular formula is H5Cl2LiO2. The molecule has 2 nitrogen and oxygen atoms in total. The molecule has 0 atom stereocenters. The standard InChI is InChI=1S/2ClH.Li.2H2O/h2*1H;;2*1H2/q;;+1;;/p-1. The molecule has 0 unspecified atom stereocenters. The van der Waals surface area contributed by atoms with E-state index in [4.69, 9.17) is 0 Å². The number of halogens is 2. The van der Waals surface area contributed by atoms with Crippen LogP contribution in [-0.2, 0) is 0 Å². The van der Waals surface area contributed by atoms with Crippen molar-refractivity contribution in [3.05, 3.63) is 0 Å². The molecule has 0 radical (unpaired) electrons. The zero-order chi connectivity index (χ0) is 0. The van der Waals surface area contributed by atoms with E-state index in [0.717, 1.165) is 0 Å². The molecule has 0 aromatic carbocycles. The topological polar surface area (TPSA) is 61.5 Å². The Morgan fingerprint density at radius 2 is 0.800 bits per heavy atom. The summed E-state index contributed by atoms with van der Waals surface area (Å²) in [5.74, 6) is 0. The molecule has 0 amide bonds. The minimum absolute atomic E-state index is 0. The van der Waals surface area contributed by atoms with Crippen LogP contribution in [0.3, 0.4) is 0 Å². The van der Waals surface area contributed by atoms with E-state index in [0.29, 0.717) is 0 Å². The van der Waals surface area contributed by atoms with E-state index >= 15 is 0 Å². The second-order valence-corrected chi connectivity index (χ2v) is 0. The van der Waals surface area contributed by atoms with Crippen molar-refractivity contribution >= 4 is 24.8 Å². The molecular weight excluding hydrogens is 110 g/mol. The molecule has 0 fully saturated rings. The third-order valence-electron chi connectivity index (χ3n) is 0. The molecule has 0 aromatic rings. The first-order valence-corrected chi connectivity index (χ1v) is 0. The Labute approximate surface area is 54.9 Å². The van der Waals surface area contributed by atoms with Crippen LogP contribution < -0.4 is 18.9 Å². The van der Waals surface area contributed by atoms with Crippen molar-refractivity contribution in [1.82, 2.24) is 0 Å². The van der Waals surface area contributed by atoms with Crippen molar-refractivity contribution in [1.29, 1.82) is 0 Å². The molecule has 32 valence electrons. The molecule has 0 aromatic heterocycles. The van der Waals surface area contributed by atoms with Gasteiger partial charge < -0.3 is 11.0 Å². The Morgan fingerprint density at radius 3 is 0.800 bits per heavy atom. The van der Waals surface area contributed by atoms with Crippen LogP contribution in [0.5, 0.6) is 0 Å². The van der Waals surface area contributed by atoms with Gasteiger partial charge in [-0.15, -0.1) is 24.8 Å². The fraction of sp³-hybridized carbons (Fsp3) is 0. The van der Waals surface area contributed by atoms with Crippen LogP contribution >= 0.6 is 24.8 Å². The average molecular weight is 115 g/mol. The molecule has 0 aliphatic carbocycles. The minimum Gasteiger partial charge on any atom is -0.870 e. The summed E-state index contributed by atoms with van der Waals surface area (Å²) in [6.45, 7) is 0. The SMILES string of the molecule is Cl.Cl.O.[Li+].[OH-]. The fourth-order valence-electron chi connectivity index (χ4n) is 0. The van der Waals surface area contributed by atoms with Crippen LogP contribution in [0.4, 0.5) is 0 Å². The molecule has 0 aliphatic rings. The van der Waals surface area contributed by atoms with Crippen LogP contribution in [0.2, 0.25) is 0 Å². The summed E-state index contributed by atoms with van der Waals surface area (Å²) >= 11 is 0. The molecule has 0 bridgehead atoms.